The van der Waals surface area contributed by atoms with Crippen molar-refractivity contribution in [1.29, 1.82) is 0 Å². The van der Waals surface area contributed by atoms with Crippen molar-refractivity contribution in [1.82, 2.24) is 14.7 Å². The van der Waals surface area contributed by atoms with Crippen LogP contribution in [0.2, 0.25) is 0 Å². The van der Waals surface area contributed by atoms with Gasteiger partial charge in [-0.05, 0) is 19.9 Å². The minimum atomic E-state index is 0.158. The molecule has 1 aliphatic heterocycles. The van der Waals surface area contributed by atoms with Gasteiger partial charge in [0.25, 0.3) is 0 Å². The average molecular weight is 237 g/mol. The monoisotopic (exact) mass is 237 g/mol. The van der Waals surface area contributed by atoms with Gasteiger partial charge < -0.3 is 10.1 Å². The first kappa shape index (κ1) is 10.3. The molecule has 0 amide bonds. The van der Waals surface area contributed by atoms with Crippen molar-refractivity contribution < 1.29 is 4.74 Å². The molecule has 2 aromatic rings. The maximum Gasteiger partial charge on any atom is 0.194 e. The van der Waals surface area contributed by atoms with E-state index in [0.717, 1.165) is 31.1 Å². The highest BCUT2D eigenvalue weighted by Crippen LogP contribution is 2.29. The fourth-order valence-corrected chi connectivity index (χ4v) is 3.16. The number of fused-ring (bicyclic) bond motifs is 1. The largest absolute Gasteiger partial charge is 0.371 e. The summed E-state index contributed by atoms with van der Waals surface area (Å²) in [6, 6.07) is 0. The summed E-state index contributed by atoms with van der Waals surface area (Å²) in [6.45, 7) is 4.92. The van der Waals surface area contributed by atoms with Crippen LogP contribution in [0.1, 0.15) is 23.1 Å². The number of aromatic nitrogens is 2. The van der Waals surface area contributed by atoms with Crippen molar-refractivity contribution in [3.63, 3.8) is 0 Å². The molecular weight excluding hydrogens is 222 g/mol. The highest BCUT2D eigenvalue weighted by Gasteiger charge is 2.21. The Labute approximate surface area is 98.3 Å². The summed E-state index contributed by atoms with van der Waals surface area (Å²) in [7, 11) is 0. The Morgan fingerprint density at radius 3 is 3.50 bits per heavy atom. The van der Waals surface area contributed by atoms with Crippen LogP contribution in [0.25, 0.3) is 4.96 Å². The van der Waals surface area contributed by atoms with E-state index in [1.807, 2.05) is 12.4 Å². The number of nitrogens with zero attached hydrogens (tertiary/aromatic N) is 2. The minimum absolute atomic E-state index is 0.158. The fraction of sp³-hybridized carbons (Fsp3) is 0.545. The van der Waals surface area contributed by atoms with E-state index in [0.29, 0.717) is 0 Å². The normalized spacial score (nSPS) is 22.4. The summed E-state index contributed by atoms with van der Waals surface area (Å²) in [5, 5.41) is 3.42. The zero-order chi connectivity index (χ0) is 11.0. The summed E-state index contributed by atoms with van der Waals surface area (Å²) in [5.41, 5.74) is 1.26. The van der Waals surface area contributed by atoms with Crippen LogP contribution in [0.5, 0.6) is 0 Å². The molecule has 1 aliphatic rings. The minimum Gasteiger partial charge on any atom is -0.371 e. The van der Waals surface area contributed by atoms with Gasteiger partial charge in [0.15, 0.2) is 4.96 Å². The molecule has 1 fully saturated rings. The number of thiazole rings is 1. The highest BCUT2D eigenvalue weighted by atomic mass is 32.1. The Morgan fingerprint density at radius 2 is 2.56 bits per heavy atom. The van der Waals surface area contributed by atoms with Crippen LogP contribution in [-0.4, -0.2) is 29.1 Å². The van der Waals surface area contributed by atoms with Gasteiger partial charge in [-0.15, -0.1) is 11.3 Å². The van der Waals surface area contributed by atoms with Crippen molar-refractivity contribution in [3.8, 4) is 0 Å². The van der Waals surface area contributed by atoms with E-state index in [1.165, 1.54) is 10.6 Å². The molecule has 4 nitrogen and oxygen atoms in total. The van der Waals surface area contributed by atoms with Crippen molar-refractivity contribution in [2.75, 3.05) is 19.7 Å². The Bertz CT molecular complexity index is 482. The lowest BCUT2D eigenvalue weighted by Gasteiger charge is -2.15. The molecule has 3 heterocycles. The molecule has 16 heavy (non-hydrogen) atoms. The summed E-state index contributed by atoms with van der Waals surface area (Å²) < 4.78 is 8.05. The van der Waals surface area contributed by atoms with Crippen LogP contribution in [-0.2, 0) is 4.74 Å². The third kappa shape index (κ3) is 1.65. The number of aryl methyl sites for hydroxylation is 1. The molecule has 0 saturated carbocycles. The molecule has 0 aromatic carbocycles. The van der Waals surface area contributed by atoms with E-state index in [9.17, 15) is 0 Å². The zero-order valence-electron chi connectivity index (χ0n) is 9.27. The molecule has 1 unspecified atom stereocenters. The van der Waals surface area contributed by atoms with Crippen LogP contribution < -0.4 is 5.32 Å². The predicted molar refractivity (Wildman–Crippen MR) is 64.0 cm³/mol. The molecule has 86 valence electrons. The van der Waals surface area contributed by atoms with Crippen molar-refractivity contribution in [2.24, 2.45) is 0 Å². The van der Waals surface area contributed by atoms with E-state index in [1.54, 1.807) is 11.3 Å². The second-order valence-electron chi connectivity index (χ2n) is 4.04. The smallest absolute Gasteiger partial charge is 0.194 e. The van der Waals surface area contributed by atoms with Gasteiger partial charge in [0, 0.05) is 30.4 Å². The van der Waals surface area contributed by atoms with Crippen LogP contribution in [0.3, 0.4) is 0 Å². The summed E-state index contributed by atoms with van der Waals surface area (Å²) >= 11 is 1.73. The van der Waals surface area contributed by atoms with E-state index >= 15 is 0 Å². The van der Waals surface area contributed by atoms with Crippen LogP contribution in [0.15, 0.2) is 12.4 Å². The van der Waals surface area contributed by atoms with E-state index in [2.05, 4.69) is 21.6 Å². The maximum atomic E-state index is 5.90. The number of ether oxygens (including phenoxy) is 1. The van der Waals surface area contributed by atoms with Crippen molar-refractivity contribution in [2.45, 2.75) is 19.4 Å². The second-order valence-corrected chi connectivity index (χ2v) is 5.22. The Kier molecular flexibility index (Phi) is 2.67. The number of hydrogen-bond donors (Lipinski definition) is 1. The van der Waals surface area contributed by atoms with Gasteiger partial charge in [0.05, 0.1) is 5.69 Å². The second kappa shape index (κ2) is 4.16. The molecule has 3 rings (SSSR count). The molecule has 2 aromatic heterocycles. The van der Waals surface area contributed by atoms with E-state index in [4.69, 9.17) is 4.74 Å². The average Bonchev–Trinajstić information content (AvgIpc) is 2.70. The van der Waals surface area contributed by atoms with Gasteiger partial charge in [0.2, 0.25) is 0 Å². The van der Waals surface area contributed by atoms with Crippen molar-refractivity contribution in [3.05, 3.63) is 23.0 Å². The number of rotatable bonds is 1. The quantitative estimate of drug-likeness (QED) is 0.821. The molecule has 0 bridgehead atoms. The highest BCUT2D eigenvalue weighted by molar-refractivity contribution is 7.17. The molecule has 0 radical (unpaired) electrons. The van der Waals surface area contributed by atoms with Gasteiger partial charge in [-0.1, -0.05) is 0 Å². The lowest BCUT2D eigenvalue weighted by Crippen LogP contribution is -2.21. The van der Waals surface area contributed by atoms with E-state index < -0.39 is 0 Å². The number of imidazole rings is 1. The predicted octanol–water partition coefficient (Wildman–Crippen LogP) is 1.76. The third-order valence-electron chi connectivity index (χ3n) is 2.92. The van der Waals surface area contributed by atoms with Crippen LogP contribution in [0, 0.1) is 6.92 Å². The van der Waals surface area contributed by atoms with Gasteiger partial charge in [-0.25, -0.2) is 4.98 Å². The number of hydrogen-bond acceptors (Lipinski definition) is 4. The third-order valence-corrected chi connectivity index (χ3v) is 3.92. The zero-order valence-corrected chi connectivity index (χ0v) is 10.1. The Balaban J connectivity index is 2.02. The molecule has 0 spiro atoms. The van der Waals surface area contributed by atoms with Gasteiger partial charge in [-0.2, -0.15) is 0 Å². The Hall–Kier alpha value is -0.910. The SMILES string of the molecule is Cc1sc2nccn2c1C1CNCCCO1. The first-order valence-corrected chi connectivity index (χ1v) is 6.42. The molecule has 5 heteroatoms. The van der Waals surface area contributed by atoms with Crippen molar-refractivity contribution >= 4 is 16.3 Å². The topological polar surface area (TPSA) is 38.6 Å². The molecule has 1 atom stereocenters. The molecular formula is C11H15N3OS. The molecule has 0 aliphatic carbocycles. The van der Waals surface area contributed by atoms with Gasteiger partial charge in [-0.3, -0.25) is 4.40 Å². The first-order chi connectivity index (χ1) is 7.86. The summed E-state index contributed by atoms with van der Waals surface area (Å²) in [5.74, 6) is 0. The van der Waals surface area contributed by atoms with Crippen LogP contribution >= 0.6 is 11.3 Å². The fourth-order valence-electron chi connectivity index (χ4n) is 2.18. The summed E-state index contributed by atoms with van der Waals surface area (Å²) in [6.07, 6.45) is 5.11. The summed E-state index contributed by atoms with van der Waals surface area (Å²) in [4.78, 5) is 6.68. The lowest BCUT2D eigenvalue weighted by atomic mass is 10.2. The van der Waals surface area contributed by atoms with Gasteiger partial charge in [0.1, 0.15) is 6.10 Å². The first-order valence-electron chi connectivity index (χ1n) is 5.61. The Morgan fingerprint density at radius 1 is 1.62 bits per heavy atom. The standard InChI is InChI=1S/C11H15N3OS/c1-8-10(9-7-12-3-2-6-15-9)14-5-4-13-11(14)16-8/h4-5,9,12H,2-3,6-7H2,1H3. The maximum absolute atomic E-state index is 5.90. The number of nitrogens with one attached hydrogen (secondary N) is 1. The van der Waals surface area contributed by atoms with Crippen LogP contribution in [0.4, 0.5) is 0 Å². The molecule has 1 N–H and O–H groups in total. The molecule has 1 saturated heterocycles. The lowest BCUT2D eigenvalue weighted by molar-refractivity contribution is 0.0631. The van der Waals surface area contributed by atoms with E-state index in [-0.39, 0.29) is 6.10 Å². The van der Waals surface area contributed by atoms with Gasteiger partial charge >= 0.3 is 0 Å².